The summed E-state index contributed by atoms with van der Waals surface area (Å²) in [6.45, 7) is 0. The summed E-state index contributed by atoms with van der Waals surface area (Å²) in [5, 5.41) is 8.33. The van der Waals surface area contributed by atoms with Crippen LogP contribution in [0.4, 0.5) is 5.13 Å². The molecule has 1 atom stereocenters. The molecule has 0 aliphatic rings. The molecule has 0 aliphatic carbocycles. The lowest BCUT2D eigenvalue weighted by atomic mass is 10.1. The highest BCUT2D eigenvalue weighted by molar-refractivity contribution is 7.14. The van der Waals surface area contributed by atoms with Crippen LogP contribution in [0.3, 0.4) is 0 Å². The van der Waals surface area contributed by atoms with E-state index in [1.165, 1.54) is 12.5 Å². The molecule has 0 saturated carbocycles. The Morgan fingerprint density at radius 2 is 2.30 bits per heavy atom. The van der Waals surface area contributed by atoms with Gasteiger partial charge in [-0.15, -0.1) is 11.3 Å². The van der Waals surface area contributed by atoms with Gasteiger partial charge in [0.1, 0.15) is 0 Å². The molecule has 2 heterocycles. The number of carbonyl (C=O) groups is 2. The molecule has 3 N–H and O–H groups in total. The van der Waals surface area contributed by atoms with Gasteiger partial charge in [0.15, 0.2) is 10.8 Å². The van der Waals surface area contributed by atoms with E-state index in [1.807, 2.05) is 16.8 Å². The largest absolute Gasteiger partial charge is 0.464 e. The number of hydrogen-bond acceptors (Lipinski definition) is 7. The lowest BCUT2D eigenvalue weighted by molar-refractivity contribution is -0.117. The lowest BCUT2D eigenvalue weighted by Crippen LogP contribution is -2.37. The molecular weight excluding hydrogens is 298 g/mol. The van der Waals surface area contributed by atoms with Gasteiger partial charge in [-0.3, -0.25) is 4.79 Å². The second-order valence-corrected chi connectivity index (χ2v) is 5.60. The van der Waals surface area contributed by atoms with E-state index in [0.717, 1.165) is 16.9 Å². The number of methoxy groups -OCH3 is 1. The number of aromatic nitrogens is 1. The van der Waals surface area contributed by atoms with Gasteiger partial charge in [-0.25, -0.2) is 9.78 Å². The van der Waals surface area contributed by atoms with Crippen molar-refractivity contribution in [2.45, 2.75) is 12.5 Å². The second kappa shape index (κ2) is 6.60. The first-order valence-electron chi connectivity index (χ1n) is 5.71. The molecule has 0 aliphatic heterocycles. The third kappa shape index (κ3) is 3.62. The molecule has 0 radical (unpaired) electrons. The Balaban J connectivity index is 1.93. The number of nitrogens with zero attached hydrogens (tertiary/aromatic N) is 1. The molecule has 0 bridgehead atoms. The monoisotopic (exact) mass is 311 g/mol. The maximum atomic E-state index is 11.9. The van der Waals surface area contributed by atoms with Crippen LogP contribution in [0.2, 0.25) is 0 Å². The van der Waals surface area contributed by atoms with E-state index < -0.39 is 12.0 Å². The van der Waals surface area contributed by atoms with Crippen molar-refractivity contribution < 1.29 is 14.3 Å². The third-order valence-corrected chi connectivity index (χ3v) is 3.99. The van der Waals surface area contributed by atoms with Crippen LogP contribution in [0.1, 0.15) is 16.1 Å². The van der Waals surface area contributed by atoms with Crippen LogP contribution >= 0.6 is 22.7 Å². The zero-order valence-corrected chi connectivity index (χ0v) is 12.3. The quantitative estimate of drug-likeness (QED) is 0.816. The lowest BCUT2D eigenvalue weighted by Gasteiger charge is -2.09. The molecule has 2 aromatic rings. The molecule has 6 nitrogen and oxygen atoms in total. The number of rotatable bonds is 5. The topological polar surface area (TPSA) is 94.3 Å². The van der Waals surface area contributed by atoms with Gasteiger partial charge in [-0.2, -0.15) is 11.3 Å². The summed E-state index contributed by atoms with van der Waals surface area (Å²) in [4.78, 5) is 27.1. The zero-order valence-electron chi connectivity index (χ0n) is 10.7. The molecule has 106 valence electrons. The summed E-state index contributed by atoms with van der Waals surface area (Å²) in [6, 6.07) is 1.27. The van der Waals surface area contributed by atoms with Crippen molar-refractivity contribution in [3.8, 4) is 0 Å². The fourth-order valence-electron chi connectivity index (χ4n) is 1.48. The van der Waals surface area contributed by atoms with Crippen LogP contribution in [0.25, 0.3) is 0 Å². The number of ether oxygens (including phenoxy) is 1. The summed E-state index contributed by atoms with van der Waals surface area (Å²) in [7, 11) is 1.27. The predicted molar refractivity (Wildman–Crippen MR) is 78.1 cm³/mol. The average Bonchev–Trinajstić information content (AvgIpc) is 3.09. The highest BCUT2D eigenvalue weighted by Crippen LogP contribution is 2.16. The zero-order chi connectivity index (χ0) is 14.5. The standard InChI is InChI=1S/C12H13N3O3S2/c1-18-11(17)9-6-20-12(14-9)15-10(16)8(13)4-7-2-3-19-5-7/h2-3,5-6,8H,4,13H2,1H3,(H,14,15,16). The summed E-state index contributed by atoms with van der Waals surface area (Å²) in [5.74, 6) is -0.869. The number of hydrogen-bond donors (Lipinski definition) is 2. The number of thiophene rings is 1. The van der Waals surface area contributed by atoms with Gasteiger partial charge in [0.2, 0.25) is 5.91 Å². The van der Waals surface area contributed by atoms with E-state index in [0.29, 0.717) is 11.6 Å². The molecule has 0 fully saturated rings. The van der Waals surface area contributed by atoms with Gasteiger partial charge >= 0.3 is 5.97 Å². The smallest absolute Gasteiger partial charge is 0.357 e. The Kier molecular flexibility index (Phi) is 4.83. The molecule has 20 heavy (non-hydrogen) atoms. The van der Waals surface area contributed by atoms with Crippen LogP contribution in [0, 0.1) is 0 Å². The average molecular weight is 311 g/mol. The van der Waals surface area contributed by atoms with E-state index >= 15 is 0 Å². The van der Waals surface area contributed by atoms with E-state index in [9.17, 15) is 9.59 Å². The minimum atomic E-state index is -0.657. The number of amides is 1. The highest BCUT2D eigenvalue weighted by Gasteiger charge is 2.17. The number of carbonyl (C=O) groups excluding carboxylic acids is 2. The van der Waals surface area contributed by atoms with Crippen molar-refractivity contribution in [1.82, 2.24) is 4.98 Å². The summed E-state index contributed by atoms with van der Waals surface area (Å²) in [5.41, 5.74) is 7.01. The van der Waals surface area contributed by atoms with E-state index in [2.05, 4.69) is 15.0 Å². The van der Waals surface area contributed by atoms with Gasteiger partial charge in [-0.05, 0) is 28.8 Å². The molecule has 0 saturated heterocycles. The van der Waals surface area contributed by atoms with Crippen molar-refractivity contribution in [2.75, 3.05) is 12.4 Å². The molecule has 0 spiro atoms. The third-order valence-electron chi connectivity index (χ3n) is 2.50. The van der Waals surface area contributed by atoms with Crippen LogP contribution < -0.4 is 11.1 Å². The van der Waals surface area contributed by atoms with Gasteiger partial charge in [0.05, 0.1) is 13.2 Å². The molecule has 1 unspecified atom stereocenters. The predicted octanol–water partition coefficient (Wildman–Crippen LogP) is 1.50. The van der Waals surface area contributed by atoms with Crippen LogP contribution in [0.15, 0.2) is 22.2 Å². The van der Waals surface area contributed by atoms with Crippen molar-refractivity contribution in [1.29, 1.82) is 0 Å². The number of thiazole rings is 1. The number of esters is 1. The summed E-state index contributed by atoms with van der Waals surface area (Å²) in [6.07, 6.45) is 0.463. The number of nitrogens with two attached hydrogens (primary N) is 1. The maximum Gasteiger partial charge on any atom is 0.357 e. The van der Waals surface area contributed by atoms with Gasteiger partial charge in [0.25, 0.3) is 0 Å². The molecule has 0 aromatic carbocycles. The minimum absolute atomic E-state index is 0.166. The van der Waals surface area contributed by atoms with Crippen molar-refractivity contribution in [2.24, 2.45) is 5.73 Å². The van der Waals surface area contributed by atoms with Crippen LogP contribution in [-0.4, -0.2) is 30.0 Å². The first kappa shape index (κ1) is 14.6. The molecule has 1 amide bonds. The van der Waals surface area contributed by atoms with E-state index in [-0.39, 0.29) is 11.6 Å². The normalized spacial score (nSPS) is 11.9. The first-order valence-corrected chi connectivity index (χ1v) is 7.53. The summed E-state index contributed by atoms with van der Waals surface area (Å²) < 4.78 is 4.54. The Labute approximate surface area is 123 Å². The van der Waals surface area contributed by atoms with E-state index in [4.69, 9.17) is 5.73 Å². The van der Waals surface area contributed by atoms with E-state index in [1.54, 1.807) is 11.3 Å². The maximum absolute atomic E-state index is 11.9. The van der Waals surface area contributed by atoms with Gasteiger partial charge in [-0.1, -0.05) is 0 Å². The Morgan fingerprint density at radius 3 is 2.95 bits per heavy atom. The molecule has 2 rings (SSSR count). The van der Waals surface area contributed by atoms with Crippen LogP contribution in [-0.2, 0) is 16.0 Å². The SMILES string of the molecule is COC(=O)c1csc(NC(=O)C(N)Cc2ccsc2)n1. The fraction of sp³-hybridized carbons (Fsp3) is 0.250. The van der Waals surface area contributed by atoms with Crippen LogP contribution in [0.5, 0.6) is 0 Å². The minimum Gasteiger partial charge on any atom is -0.464 e. The first-order chi connectivity index (χ1) is 9.60. The second-order valence-electron chi connectivity index (χ2n) is 3.96. The molecule has 2 aromatic heterocycles. The molecule has 8 heteroatoms. The Bertz CT molecular complexity index is 595. The number of anilines is 1. The Morgan fingerprint density at radius 1 is 1.50 bits per heavy atom. The van der Waals surface area contributed by atoms with Gasteiger partial charge in [0, 0.05) is 5.38 Å². The van der Waals surface area contributed by atoms with Gasteiger partial charge < -0.3 is 15.8 Å². The summed E-state index contributed by atoms with van der Waals surface area (Å²) >= 11 is 2.71. The molecular formula is C12H13N3O3S2. The van der Waals surface area contributed by atoms with Crippen molar-refractivity contribution in [3.63, 3.8) is 0 Å². The van der Waals surface area contributed by atoms with Crippen molar-refractivity contribution in [3.05, 3.63) is 33.5 Å². The Hall–Kier alpha value is -1.77. The number of nitrogens with one attached hydrogen (secondary N) is 1. The highest BCUT2D eigenvalue weighted by atomic mass is 32.1. The van der Waals surface area contributed by atoms with Crippen molar-refractivity contribution >= 4 is 39.7 Å². The fourth-order valence-corrected chi connectivity index (χ4v) is 2.85.